The highest BCUT2D eigenvalue weighted by Crippen LogP contribution is 2.28. The maximum Gasteiger partial charge on any atom is 0.326 e. The molecule has 0 radical (unpaired) electrons. The zero-order valence-electron chi connectivity index (χ0n) is 21.6. The van der Waals surface area contributed by atoms with Gasteiger partial charge in [-0.25, -0.2) is 24.5 Å². The lowest BCUT2D eigenvalue weighted by molar-refractivity contribution is -0.139. The maximum absolute atomic E-state index is 15.1. The molecule has 0 saturated carbocycles. The van der Waals surface area contributed by atoms with Gasteiger partial charge in [0.15, 0.2) is 11.6 Å². The maximum atomic E-state index is 15.1. The number of halogens is 2. The number of carbonyl (C=O) groups is 2. The number of carboxylic acids is 1. The minimum absolute atomic E-state index is 0.0239. The van der Waals surface area contributed by atoms with Gasteiger partial charge in [0.1, 0.15) is 17.6 Å². The molecule has 2 heterocycles. The third-order valence-corrected chi connectivity index (χ3v) is 7.37. The summed E-state index contributed by atoms with van der Waals surface area (Å²) in [5.74, 6) is -1.86. The lowest BCUT2D eigenvalue weighted by Crippen LogP contribution is -2.42. The summed E-state index contributed by atoms with van der Waals surface area (Å²) in [6.07, 6.45) is -0.776. The largest absolute Gasteiger partial charge is 0.480 e. The Bertz CT molecular complexity index is 1620. The average molecular weight is 606 g/mol. The van der Waals surface area contributed by atoms with Gasteiger partial charge in [-0.15, -0.1) is 0 Å². The molecule has 1 aliphatic rings. The van der Waals surface area contributed by atoms with Crippen LogP contribution in [0.4, 0.5) is 4.39 Å². The van der Waals surface area contributed by atoms with E-state index >= 15 is 4.39 Å². The molecule has 3 N–H and O–H groups in total. The van der Waals surface area contributed by atoms with E-state index in [0.29, 0.717) is 11.3 Å². The van der Waals surface area contributed by atoms with Crippen molar-refractivity contribution in [3.05, 3.63) is 117 Å². The number of hydrogen-bond donors (Lipinski definition) is 3. The molecule has 2 atom stereocenters. The van der Waals surface area contributed by atoms with Gasteiger partial charge in [-0.05, 0) is 55.3 Å². The highest BCUT2D eigenvalue weighted by Gasteiger charge is 2.26. The van der Waals surface area contributed by atoms with E-state index < -0.39 is 30.0 Å². The highest BCUT2D eigenvalue weighted by molar-refractivity contribution is 9.10. The summed E-state index contributed by atoms with van der Waals surface area (Å²) in [5.41, 5.74) is 6.93. The SMILES string of the molecule is Cc1ccc(-c2ccc(C(=O)NC(Cc3ccc(C4=NC(c5ccc(Br)c(C)c5)ON4)c(F)c3)C(=O)O)o2)cc1. The van der Waals surface area contributed by atoms with E-state index in [9.17, 15) is 14.7 Å². The molecule has 4 aromatic rings. The van der Waals surface area contributed by atoms with Crippen molar-refractivity contribution >= 4 is 33.6 Å². The number of carboxylic acid groups (broad SMARTS) is 1. The summed E-state index contributed by atoms with van der Waals surface area (Å²) in [4.78, 5) is 34.6. The first kappa shape index (κ1) is 27.3. The minimum atomic E-state index is -1.30. The van der Waals surface area contributed by atoms with Gasteiger partial charge in [-0.3, -0.25) is 4.79 Å². The molecule has 0 bridgehead atoms. The van der Waals surface area contributed by atoms with Crippen LogP contribution in [0.2, 0.25) is 0 Å². The molecule has 8 nitrogen and oxygen atoms in total. The van der Waals surface area contributed by atoms with Crippen molar-refractivity contribution in [3.63, 3.8) is 0 Å². The van der Waals surface area contributed by atoms with Gasteiger partial charge < -0.3 is 14.8 Å². The second kappa shape index (κ2) is 11.4. The fourth-order valence-electron chi connectivity index (χ4n) is 4.25. The smallest absolute Gasteiger partial charge is 0.326 e. The molecule has 5 rings (SSSR count). The van der Waals surface area contributed by atoms with Crippen molar-refractivity contribution in [1.82, 2.24) is 10.8 Å². The molecule has 204 valence electrons. The number of rotatable bonds is 8. The number of aryl methyl sites for hydroxylation is 2. The number of furan rings is 1. The number of aliphatic carboxylic acids is 1. The van der Waals surface area contributed by atoms with Crippen molar-refractivity contribution in [2.45, 2.75) is 32.5 Å². The summed E-state index contributed by atoms with van der Waals surface area (Å²) in [6, 6.07) is 19.4. The van der Waals surface area contributed by atoms with E-state index in [2.05, 4.69) is 31.7 Å². The van der Waals surface area contributed by atoms with Crippen LogP contribution in [0.25, 0.3) is 11.3 Å². The lowest BCUT2D eigenvalue weighted by Gasteiger charge is -2.14. The Labute approximate surface area is 238 Å². The van der Waals surface area contributed by atoms with Gasteiger partial charge >= 0.3 is 5.97 Å². The number of nitrogens with one attached hydrogen (secondary N) is 2. The molecule has 0 saturated heterocycles. The van der Waals surface area contributed by atoms with Crippen LogP contribution in [0.5, 0.6) is 0 Å². The molecule has 0 spiro atoms. The number of aliphatic imine (C=N–C) groups is 1. The second-order valence-corrected chi connectivity index (χ2v) is 10.3. The van der Waals surface area contributed by atoms with Gasteiger partial charge in [0.25, 0.3) is 5.91 Å². The van der Waals surface area contributed by atoms with Crippen LogP contribution in [0, 0.1) is 19.7 Å². The highest BCUT2D eigenvalue weighted by atomic mass is 79.9. The molecular formula is C30H25BrFN3O5. The molecule has 3 aromatic carbocycles. The van der Waals surface area contributed by atoms with Crippen LogP contribution in [-0.4, -0.2) is 28.9 Å². The summed E-state index contributed by atoms with van der Waals surface area (Å²) < 4.78 is 21.7. The van der Waals surface area contributed by atoms with Gasteiger partial charge in [0.05, 0.1) is 5.56 Å². The van der Waals surface area contributed by atoms with Crippen LogP contribution in [-0.2, 0) is 16.1 Å². The predicted octanol–water partition coefficient (Wildman–Crippen LogP) is 5.87. The third kappa shape index (κ3) is 5.98. The second-order valence-electron chi connectivity index (χ2n) is 9.47. The Morgan fingerprint density at radius 3 is 2.55 bits per heavy atom. The number of amidine groups is 1. The minimum Gasteiger partial charge on any atom is -0.480 e. The van der Waals surface area contributed by atoms with Gasteiger partial charge in [0.2, 0.25) is 6.23 Å². The molecule has 0 aliphatic carbocycles. The van der Waals surface area contributed by atoms with Crippen LogP contribution in [0.3, 0.4) is 0 Å². The molecule has 2 unspecified atom stereocenters. The lowest BCUT2D eigenvalue weighted by atomic mass is 10.0. The molecule has 1 amide bonds. The molecule has 0 fully saturated rings. The van der Waals surface area contributed by atoms with Crippen LogP contribution in [0.1, 0.15) is 44.6 Å². The number of amides is 1. The Hall–Kier alpha value is -4.28. The number of benzene rings is 3. The normalized spacial score (nSPS) is 15.3. The molecule has 10 heteroatoms. The topological polar surface area (TPSA) is 113 Å². The molecule has 1 aromatic heterocycles. The standard InChI is InChI=1S/C30H25BrFN3O5/c1-16-3-6-19(7-4-16)25-11-12-26(39-25)28(36)33-24(30(37)38)15-18-5-9-21(23(32)14-18)27-34-29(40-35-27)20-8-10-22(31)17(2)13-20/h3-14,24,29H,15H2,1-2H3,(H,33,36)(H,34,35)(H,37,38). The predicted molar refractivity (Wildman–Crippen MR) is 150 cm³/mol. The first-order valence-electron chi connectivity index (χ1n) is 12.4. The summed E-state index contributed by atoms with van der Waals surface area (Å²) >= 11 is 3.46. The Balaban J connectivity index is 1.27. The van der Waals surface area contributed by atoms with E-state index in [1.54, 1.807) is 12.1 Å². The zero-order valence-corrected chi connectivity index (χ0v) is 23.2. The van der Waals surface area contributed by atoms with Crippen LogP contribution in [0.15, 0.2) is 86.7 Å². The van der Waals surface area contributed by atoms with E-state index in [-0.39, 0.29) is 23.6 Å². The van der Waals surface area contributed by atoms with Gasteiger partial charge in [0, 0.05) is 22.0 Å². The number of hydroxylamine groups is 1. The Morgan fingerprint density at radius 2 is 1.85 bits per heavy atom. The first-order valence-corrected chi connectivity index (χ1v) is 13.2. The van der Waals surface area contributed by atoms with Crippen molar-refractivity contribution < 1.29 is 28.3 Å². The quantitative estimate of drug-likeness (QED) is 0.231. The fourth-order valence-corrected chi connectivity index (χ4v) is 4.49. The third-order valence-electron chi connectivity index (χ3n) is 6.48. The number of hydrogen-bond acceptors (Lipinski definition) is 6. The van der Waals surface area contributed by atoms with Gasteiger partial charge in [-0.1, -0.05) is 64.0 Å². The Morgan fingerprint density at radius 1 is 1.07 bits per heavy atom. The van der Waals surface area contributed by atoms with Crippen molar-refractivity contribution in [1.29, 1.82) is 0 Å². The van der Waals surface area contributed by atoms with Crippen LogP contribution >= 0.6 is 15.9 Å². The first-order chi connectivity index (χ1) is 19.2. The summed E-state index contributed by atoms with van der Waals surface area (Å²) in [6.45, 7) is 3.91. The fraction of sp³-hybridized carbons (Fsp3) is 0.167. The average Bonchev–Trinajstić information content (AvgIpc) is 3.61. The summed E-state index contributed by atoms with van der Waals surface area (Å²) in [5, 5.41) is 12.2. The van der Waals surface area contributed by atoms with Crippen molar-refractivity contribution in [3.8, 4) is 11.3 Å². The van der Waals surface area contributed by atoms with Gasteiger partial charge in [-0.2, -0.15) is 0 Å². The molecular weight excluding hydrogens is 581 g/mol. The van der Waals surface area contributed by atoms with Crippen molar-refractivity contribution in [2.75, 3.05) is 0 Å². The Kier molecular flexibility index (Phi) is 7.81. The van der Waals surface area contributed by atoms with E-state index in [0.717, 1.165) is 26.7 Å². The van der Waals surface area contributed by atoms with E-state index in [1.165, 1.54) is 18.2 Å². The van der Waals surface area contributed by atoms with Crippen molar-refractivity contribution in [2.24, 2.45) is 4.99 Å². The van der Waals surface area contributed by atoms with E-state index in [4.69, 9.17) is 9.25 Å². The van der Waals surface area contributed by atoms with E-state index in [1.807, 2.05) is 56.3 Å². The number of carbonyl (C=O) groups excluding carboxylic acids is 1. The summed E-state index contributed by atoms with van der Waals surface area (Å²) in [7, 11) is 0. The monoisotopic (exact) mass is 605 g/mol. The zero-order chi connectivity index (χ0) is 28.4. The van der Waals surface area contributed by atoms with Crippen LogP contribution < -0.4 is 10.8 Å². The number of nitrogens with zero attached hydrogens (tertiary/aromatic N) is 1. The molecule has 40 heavy (non-hydrogen) atoms. The molecule has 1 aliphatic heterocycles.